The minimum absolute atomic E-state index is 0.257. The van der Waals surface area contributed by atoms with Crippen LogP contribution in [0.15, 0.2) is 70.0 Å². The highest BCUT2D eigenvalue weighted by Crippen LogP contribution is 2.33. The van der Waals surface area contributed by atoms with Gasteiger partial charge in [-0.2, -0.15) is 5.10 Å². The first kappa shape index (κ1) is 12.5. The summed E-state index contributed by atoms with van der Waals surface area (Å²) in [6, 6.07) is 19.2. The van der Waals surface area contributed by atoms with Gasteiger partial charge in [0.25, 0.3) is 5.56 Å². The molecule has 0 saturated carbocycles. The van der Waals surface area contributed by atoms with Gasteiger partial charge in [0.2, 0.25) is 0 Å². The smallest absolute Gasteiger partial charge is 0.294 e. The number of H-pyrrole nitrogens is 1. The second-order valence-corrected chi connectivity index (χ2v) is 4.87. The van der Waals surface area contributed by atoms with Crippen LogP contribution >= 0.6 is 0 Å². The average molecular weight is 289 g/mol. The van der Waals surface area contributed by atoms with Crippen LogP contribution in [0.3, 0.4) is 0 Å². The Bertz CT molecular complexity index is 989. The van der Waals surface area contributed by atoms with Gasteiger partial charge in [-0.15, -0.1) is 0 Å². The summed E-state index contributed by atoms with van der Waals surface area (Å²) < 4.78 is 5.43. The van der Waals surface area contributed by atoms with Crippen LogP contribution in [0.5, 0.6) is 0 Å². The molecule has 2 heterocycles. The molecule has 0 aliphatic heterocycles. The zero-order chi connectivity index (χ0) is 14.9. The maximum absolute atomic E-state index is 12.0. The van der Waals surface area contributed by atoms with E-state index in [9.17, 15) is 4.79 Å². The fourth-order valence-corrected chi connectivity index (χ4v) is 2.47. The van der Waals surface area contributed by atoms with Crippen LogP contribution in [-0.4, -0.2) is 15.4 Å². The summed E-state index contributed by atoms with van der Waals surface area (Å²) >= 11 is 0. The first-order valence-electron chi connectivity index (χ1n) is 6.83. The fourth-order valence-electron chi connectivity index (χ4n) is 2.47. The zero-order valence-corrected chi connectivity index (χ0v) is 11.5. The molecular formula is C17H11N3O2. The lowest BCUT2D eigenvalue weighted by atomic mass is 10.0. The zero-order valence-electron chi connectivity index (χ0n) is 11.5. The van der Waals surface area contributed by atoms with E-state index < -0.39 is 0 Å². The molecule has 4 aromatic rings. The Morgan fingerprint density at radius 1 is 0.864 bits per heavy atom. The van der Waals surface area contributed by atoms with Crippen molar-refractivity contribution in [1.82, 2.24) is 15.4 Å². The van der Waals surface area contributed by atoms with Crippen LogP contribution in [0.2, 0.25) is 0 Å². The molecule has 0 unspecified atom stereocenters. The minimum Gasteiger partial charge on any atom is -0.355 e. The lowest BCUT2D eigenvalue weighted by Gasteiger charge is -2.02. The minimum atomic E-state index is -0.361. The topological polar surface area (TPSA) is 71.8 Å². The van der Waals surface area contributed by atoms with Crippen molar-refractivity contribution in [3.05, 3.63) is 71.0 Å². The van der Waals surface area contributed by atoms with Crippen molar-refractivity contribution >= 4 is 10.9 Å². The highest BCUT2D eigenvalue weighted by Gasteiger charge is 2.19. The van der Waals surface area contributed by atoms with Gasteiger partial charge in [0.05, 0.1) is 5.39 Å². The van der Waals surface area contributed by atoms with Crippen LogP contribution in [0.1, 0.15) is 0 Å². The number of nitrogens with zero attached hydrogens (tertiary/aromatic N) is 2. The highest BCUT2D eigenvalue weighted by molar-refractivity contribution is 6.00. The van der Waals surface area contributed by atoms with Gasteiger partial charge in [0.15, 0.2) is 11.3 Å². The third kappa shape index (κ3) is 1.91. The molecule has 2 aromatic carbocycles. The Balaban J connectivity index is 2.09. The van der Waals surface area contributed by atoms with E-state index in [-0.39, 0.29) is 11.1 Å². The van der Waals surface area contributed by atoms with Gasteiger partial charge in [0.1, 0.15) is 5.69 Å². The monoisotopic (exact) mass is 289 g/mol. The maximum atomic E-state index is 12.0. The summed E-state index contributed by atoms with van der Waals surface area (Å²) in [6.07, 6.45) is 0. The molecule has 0 atom stereocenters. The van der Waals surface area contributed by atoms with Crippen molar-refractivity contribution in [2.45, 2.75) is 0 Å². The predicted molar refractivity (Wildman–Crippen MR) is 83.3 cm³/mol. The SMILES string of the molecule is O=c1[nH]nc(-c2ccccc2)c2c(-c3ccccc3)onc12. The van der Waals surface area contributed by atoms with E-state index in [1.54, 1.807) is 0 Å². The first-order chi connectivity index (χ1) is 10.8. The number of rotatable bonds is 2. The molecule has 4 rings (SSSR count). The second kappa shape index (κ2) is 4.96. The van der Waals surface area contributed by atoms with Crippen molar-refractivity contribution in [3.8, 4) is 22.6 Å². The number of nitrogens with one attached hydrogen (secondary N) is 1. The molecule has 2 aromatic heterocycles. The number of hydrogen-bond donors (Lipinski definition) is 1. The van der Waals surface area contributed by atoms with E-state index in [2.05, 4.69) is 15.4 Å². The van der Waals surface area contributed by atoms with E-state index in [4.69, 9.17) is 4.52 Å². The lowest BCUT2D eigenvalue weighted by molar-refractivity contribution is 0.440. The van der Waals surface area contributed by atoms with Crippen LogP contribution in [0, 0.1) is 0 Å². The normalized spacial score (nSPS) is 10.9. The second-order valence-electron chi connectivity index (χ2n) is 4.87. The summed E-state index contributed by atoms with van der Waals surface area (Å²) in [5.74, 6) is 0.549. The van der Waals surface area contributed by atoms with Crippen LogP contribution in [0.4, 0.5) is 0 Å². The highest BCUT2D eigenvalue weighted by atomic mass is 16.5. The summed E-state index contributed by atoms with van der Waals surface area (Å²) in [7, 11) is 0. The standard InChI is InChI=1S/C17H11N3O2/c21-17-15-13(14(18-19-17)11-7-3-1-4-8-11)16(22-20-15)12-9-5-2-6-10-12/h1-10H,(H,19,21). The Kier molecular flexibility index (Phi) is 2.83. The van der Waals surface area contributed by atoms with Crippen molar-refractivity contribution in [1.29, 1.82) is 0 Å². The van der Waals surface area contributed by atoms with E-state index in [1.165, 1.54) is 0 Å². The third-order valence-corrected chi connectivity index (χ3v) is 3.50. The van der Waals surface area contributed by atoms with Crippen LogP contribution in [0.25, 0.3) is 33.5 Å². The predicted octanol–water partition coefficient (Wildman–Crippen LogP) is 3.25. The first-order valence-corrected chi connectivity index (χ1v) is 6.83. The van der Waals surface area contributed by atoms with E-state index >= 15 is 0 Å². The van der Waals surface area contributed by atoms with Gasteiger partial charge in [-0.3, -0.25) is 4.79 Å². The molecule has 0 fully saturated rings. The molecule has 0 aliphatic rings. The maximum Gasteiger partial charge on any atom is 0.294 e. The molecule has 0 radical (unpaired) electrons. The number of hydrogen-bond acceptors (Lipinski definition) is 4. The largest absolute Gasteiger partial charge is 0.355 e. The summed E-state index contributed by atoms with van der Waals surface area (Å²) in [4.78, 5) is 12.0. The molecular weight excluding hydrogens is 278 g/mol. The number of benzene rings is 2. The van der Waals surface area contributed by atoms with Gasteiger partial charge in [-0.1, -0.05) is 65.8 Å². The molecule has 5 nitrogen and oxygen atoms in total. The molecule has 0 spiro atoms. The molecule has 0 saturated heterocycles. The fraction of sp³-hybridized carbons (Fsp3) is 0. The van der Waals surface area contributed by atoms with Crippen molar-refractivity contribution in [3.63, 3.8) is 0 Å². The quantitative estimate of drug-likeness (QED) is 0.615. The van der Waals surface area contributed by atoms with Crippen molar-refractivity contribution < 1.29 is 4.52 Å². The molecule has 0 bridgehead atoms. The Hall–Kier alpha value is -3.21. The number of aromatic nitrogens is 3. The Morgan fingerprint density at radius 3 is 2.18 bits per heavy atom. The lowest BCUT2D eigenvalue weighted by Crippen LogP contribution is -2.09. The Labute approximate surface area is 125 Å². The van der Waals surface area contributed by atoms with E-state index in [0.29, 0.717) is 16.8 Å². The van der Waals surface area contributed by atoms with E-state index in [1.807, 2.05) is 60.7 Å². The average Bonchev–Trinajstić information content (AvgIpc) is 3.03. The molecule has 106 valence electrons. The van der Waals surface area contributed by atoms with Gasteiger partial charge in [-0.25, -0.2) is 5.10 Å². The molecule has 1 N–H and O–H groups in total. The molecule has 5 heteroatoms. The van der Waals surface area contributed by atoms with Gasteiger partial charge >= 0.3 is 0 Å². The molecule has 0 amide bonds. The van der Waals surface area contributed by atoms with Crippen LogP contribution in [-0.2, 0) is 0 Å². The van der Waals surface area contributed by atoms with Crippen LogP contribution < -0.4 is 5.56 Å². The van der Waals surface area contributed by atoms with Crippen molar-refractivity contribution in [2.24, 2.45) is 0 Å². The number of fused-ring (bicyclic) bond motifs is 1. The van der Waals surface area contributed by atoms with Crippen molar-refractivity contribution in [2.75, 3.05) is 0 Å². The van der Waals surface area contributed by atoms with Gasteiger partial charge < -0.3 is 4.52 Å². The van der Waals surface area contributed by atoms with Gasteiger partial charge in [0, 0.05) is 11.1 Å². The summed E-state index contributed by atoms with van der Waals surface area (Å²) in [6.45, 7) is 0. The van der Waals surface area contributed by atoms with E-state index in [0.717, 1.165) is 11.1 Å². The van der Waals surface area contributed by atoms with Gasteiger partial charge in [-0.05, 0) is 0 Å². The summed E-state index contributed by atoms with van der Waals surface area (Å²) in [5.41, 5.74) is 2.29. The molecule has 0 aliphatic carbocycles. The Morgan fingerprint density at radius 2 is 1.50 bits per heavy atom. The third-order valence-electron chi connectivity index (χ3n) is 3.50. The molecule has 22 heavy (non-hydrogen) atoms. The summed E-state index contributed by atoms with van der Waals surface area (Å²) in [5, 5.41) is 11.2. The number of aromatic amines is 1.